The van der Waals surface area contributed by atoms with E-state index in [2.05, 4.69) is 19.8 Å². The van der Waals surface area contributed by atoms with E-state index in [4.69, 9.17) is 0 Å². The molecule has 1 aromatic carbocycles. The van der Waals surface area contributed by atoms with E-state index >= 15 is 0 Å². The number of nitrogens with one attached hydrogen (secondary N) is 1. The molecule has 0 bridgehead atoms. The third kappa shape index (κ3) is 6.61. The van der Waals surface area contributed by atoms with Gasteiger partial charge in [-0.25, -0.2) is 4.98 Å². The van der Waals surface area contributed by atoms with Crippen molar-refractivity contribution in [1.29, 1.82) is 0 Å². The summed E-state index contributed by atoms with van der Waals surface area (Å²) in [6, 6.07) is 10.8. The standard InChI is InChI=1S/C27H33F2N3O5/c1-17(2)19-7-5-6-8-20(19)27(13-15-32(16-14-27)22(33)11-12-23(34)36-4)25(35)31-21-10-9-18(3)30-24(21)37-26(28)29/h5-10,17,26H,11-16H2,1-4H3,(H,31,35). The Labute approximate surface area is 215 Å². The van der Waals surface area contributed by atoms with Gasteiger partial charge in [0.05, 0.1) is 18.9 Å². The molecule has 1 aliphatic rings. The lowest BCUT2D eigenvalue weighted by Crippen LogP contribution is -2.51. The average molecular weight is 518 g/mol. The van der Waals surface area contributed by atoms with Gasteiger partial charge in [0.1, 0.15) is 5.69 Å². The number of aryl methyl sites for hydroxylation is 1. The first kappa shape index (κ1) is 28.0. The van der Waals surface area contributed by atoms with Gasteiger partial charge >= 0.3 is 12.6 Å². The number of benzene rings is 1. The van der Waals surface area contributed by atoms with Crippen LogP contribution >= 0.6 is 0 Å². The fraction of sp³-hybridized carbons (Fsp3) is 0.481. The van der Waals surface area contributed by atoms with Gasteiger partial charge < -0.3 is 19.7 Å². The quantitative estimate of drug-likeness (QED) is 0.490. The first-order valence-electron chi connectivity index (χ1n) is 12.2. The zero-order chi connectivity index (χ0) is 27.2. The molecule has 10 heteroatoms. The molecule has 0 aliphatic carbocycles. The zero-order valence-electron chi connectivity index (χ0n) is 21.6. The Kier molecular flexibility index (Phi) is 9.18. The van der Waals surface area contributed by atoms with Crippen LogP contribution in [0.1, 0.15) is 62.3 Å². The fourth-order valence-electron chi connectivity index (χ4n) is 4.71. The number of hydrogen-bond acceptors (Lipinski definition) is 6. The Bertz CT molecular complexity index is 1130. The summed E-state index contributed by atoms with van der Waals surface area (Å²) in [6.07, 6.45) is 0.645. The molecule has 1 aromatic heterocycles. The Hall–Kier alpha value is -3.56. The molecule has 2 amide bonds. The van der Waals surface area contributed by atoms with Gasteiger partial charge in [0.25, 0.3) is 0 Å². The molecular formula is C27H33F2N3O5. The number of aromatic nitrogens is 1. The Balaban J connectivity index is 1.93. The van der Waals surface area contributed by atoms with Crippen LogP contribution < -0.4 is 10.1 Å². The van der Waals surface area contributed by atoms with Gasteiger partial charge in [-0.3, -0.25) is 14.4 Å². The van der Waals surface area contributed by atoms with Crippen molar-refractivity contribution in [3.05, 3.63) is 53.2 Å². The minimum absolute atomic E-state index is 0.0129. The lowest BCUT2D eigenvalue weighted by molar-refractivity contribution is -0.144. The van der Waals surface area contributed by atoms with Gasteiger partial charge in [0.2, 0.25) is 17.7 Å². The summed E-state index contributed by atoms with van der Waals surface area (Å²) in [7, 11) is 1.27. The largest absolute Gasteiger partial charge is 0.469 e. The molecule has 0 unspecified atom stereocenters. The van der Waals surface area contributed by atoms with Crippen LogP contribution in [-0.2, 0) is 24.5 Å². The molecule has 37 heavy (non-hydrogen) atoms. The van der Waals surface area contributed by atoms with Crippen LogP contribution in [0.5, 0.6) is 5.88 Å². The van der Waals surface area contributed by atoms with Gasteiger partial charge in [-0.2, -0.15) is 8.78 Å². The van der Waals surface area contributed by atoms with Crippen molar-refractivity contribution in [3.8, 4) is 5.88 Å². The number of carbonyl (C=O) groups is 3. The van der Waals surface area contributed by atoms with E-state index in [-0.39, 0.29) is 42.1 Å². The molecule has 0 saturated carbocycles. The van der Waals surface area contributed by atoms with Crippen molar-refractivity contribution in [1.82, 2.24) is 9.88 Å². The summed E-state index contributed by atoms with van der Waals surface area (Å²) in [4.78, 5) is 43.8. The highest BCUT2D eigenvalue weighted by Crippen LogP contribution is 2.41. The van der Waals surface area contributed by atoms with Crippen molar-refractivity contribution in [2.75, 3.05) is 25.5 Å². The minimum Gasteiger partial charge on any atom is -0.469 e. The number of pyridine rings is 1. The number of piperidine rings is 1. The normalized spacial score (nSPS) is 15.0. The molecule has 0 atom stereocenters. The average Bonchev–Trinajstić information content (AvgIpc) is 2.88. The van der Waals surface area contributed by atoms with Gasteiger partial charge in [-0.1, -0.05) is 38.1 Å². The summed E-state index contributed by atoms with van der Waals surface area (Å²) in [5.41, 5.74) is 1.32. The van der Waals surface area contributed by atoms with Crippen LogP contribution in [0.25, 0.3) is 0 Å². The van der Waals surface area contributed by atoms with Crippen LogP contribution in [0.3, 0.4) is 0 Å². The molecule has 0 radical (unpaired) electrons. The first-order valence-corrected chi connectivity index (χ1v) is 12.2. The molecule has 1 aliphatic heterocycles. The molecule has 2 heterocycles. The SMILES string of the molecule is COC(=O)CCC(=O)N1CCC(C(=O)Nc2ccc(C)nc2OC(F)F)(c2ccccc2C(C)C)CC1. The molecule has 8 nitrogen and oxygen atoms in total. The van der Waals surface area contributed by atoms with E-state index in [0.717, 1.165) is 11.1 Å². The van der Waals surface area contributed by atoms with Gasteiger partial charge in [-0.05, 0) is 48.9 Å². The summed E-state index contributed by atoms with van der Waals surface area (Å²) in [6.45, 7) is 3.21. The number of carbonyl (C=O) groups excluding carboxylic acids is 3. The van der Waals surface area contributed by atoms with Crippen LogP contribution in [-0.4, -0.2) is 54.5 Å². The number of amides is 2. The number of hydrogen-bond donors (Lipinski definition) is 1. The maximum Gasteiger partial charge on any atom is 0.388 e. The molecule has 2 aromatic rings. The van der Waals surface area contributed by atoms with Gasteiger partial charge in [0.15, 0.2) is 0 Å². The molecular weight excluding hydrogens is 484 g/mol. The molecule has 200 valence electrons. The minimum atomic E-state index is -3.10. The predicted octanol–water partition coefficient (Wildman–Crippen LogP) is 4.57. The predicted molar refractivity (Wildman–Crippen MR) is 134 cm³/mol. The number of ether oxygens (including phenoxy) is 2. The number of likely N-dealkylation sites (tertiary alicyclic amines) is 1. The zero-order valence-corrected chi connectivity index (χ0v) is 21.6. The molecule has 0 spiro atoms. The first-order chi connectivity index (χ1) is 17.6. The van der Waals surface area contributed by atoms with Crippen molar-refractivity contribution in [2.24, 2.45) is 0 Å². The Morgan fingerprint density at radius 1 is 1.08 bits per heavy atom. The summed E-state index contributed by atoms with van der Waals surface area (Å²) in [5, 5.41) is 2.79. The van der Waals surface area contributed by atoms with E-state index in [0.29, 0.717) is 31.6 Å². The maximum atomic E-state index is 14.0. The van der Waals surface area contributed by atoms with Gasteiger partial charge in [-0.15, -0.1) is 0 Å². The lowest BCUT2D eigenvalue weighted by atomic mass is 9.69. The number of rotatable bonds is 9. The second-order valence-electron chi connectivity index (χ2n) is 9.42. The Morgan fingerprint density at radius 3 is 2.38 bits per heavy atom. The number of halogens is 2. The highest BCUT2D eigenvalue weighted by Gasteiger charge is 2.45. The van der Waals surface area contributed by atoms with E-state index in [1.54, 1.807) is 17.9 Å². The number of methoxy groups -OCH3 is 1. The van der Waals surface area contributed by atoms with Crippen molar-refractivity contribution in [2.45, 2.75) is 64.4 Å². The number of nitrogens with zero attached hydrogens (tertiary/aromatic N) is 2. The fourth-order valence-corrected chi connectivity index (χ4v) is 4.71. The summed E-state index contributed by atoms with van der Waals surface area (Å²) < 4.78 is 35.2. The number of alkyl halides is 2. The Morgan fingerprint density at radius 2 is 1.76 bits per heavy atom. The lowest BCUT2D eigenvalue weighted by Gasteiger charge is -2.42. The molecule has 1 fully saturated rings. The smallest absolute Gasteiger partial charge is 0.388 e. The highest BCUT2D eigenvalue weighted by atomic mass is 19.3. The van der Waals surface area contributed by atoms with E-state index in [1.165, 1.54) is 13.2 Å². The second kappa shape index (κ2) is 12.1. The summed E-state index contributed by atoms with van der Waals surface area (Å²) >= 11 is 0. The van der Waals surface area contributed by atoms with Crippen molar-refractivity contribution < 1.29 is 32.6 Å². The van der Waals surface area contributed by atoms with Crippen LogP contribution in [0.2, 0.25) is 0 Å². The topological polar surface area (TPSA) is 97.8 Å². The highest BCUT2D eigenvalue weighted by molar-refractivity contribution is 6.00. The maximum absolute atomic E-state index is 14.0. The van der Waals surface area contributed by atoms with Crippen LogP contribution in [0.4, 0.5) is 14.5 Å². The number of anilines is 1. The van der Waals surface area contributed by atoms with Crippen molar-refractivity contribution in [3.63, 3.8) is 0 Å². The molecule has 1 saturated heterocycles. The third-order valence-electron chi connectivity index (χ3n) is 6.72. The van der Waals surface area contributed by atoms with E-state index in [9.17, 15) is 23.2 Å². The molecule has 1 N–H and O–H groups in total. The van der Waals surface area contributed by atoms with E-state index < -0.39 is 18.0 Å². The monoisotopic (exact) mass is 517 g/mol. The molecule has 3 rings (SSSR count). The number of esters is 1. The van der Waals surface area contributed by atoms with Crippen molar-refractivity contribution >= 4 is 23.5 Å². The van der Waals surface area contributed by atoms with E-state index in [1.807, 2.05) is 38.1 Å². The van der Waals surface area contributed by atoms with Crippen LogP contribution in [0, 0.1) is 6.92 Å². The second-order valence-corrected chi connectivity index (χ2v) is 9.42. The summed E-state index contributed by atoms with van der Waals surface area (Å²) in [5.74, 6) is -1.26. The third-order valence-corrected chi connectivity index (χ3v) is 6.72. The van der Waals surface area contributed by atoms with Gasteiger partial charge in [0, 0.05) is 25.2 Å². The van der Waals surface area contributed by atoms with Crippen LogP contribution in [0.15, 0.2) is 36.4 Å².